The maximum Gasteiger partial charge on any atom is 0.307 e. The van der Waals surface area contributed by atoms with Gasteiger partial charge in [0.15, 0.2) is 0 Å². The zero-order valence-corrected chi connectivity index (χ0v) is 16.4. The molecule has 0 aliphatic heterocycles. The molecule has 2 unspecified atom stereocenters. The molecule has 6 heteroatoms. The van der Waals surface area contributed by atoms with Crippen LogP contribution in [0.15, 0.2) is 12.1 Å². The van der Waals surface area contributed by atoms with Crippen LogP contribution in [-0.2, 0) is 11.2 Å². The molecule has 0 aliphatic carbocycles. The van der Waals surface area contributed by atoms with Gasteiger partial charge in [-0.1, -0.05) is 13.3 Å². The minimum absolute atomic E-state index is 0.145. The van der Waals surface area contributed by atoms with Gasteiger partial charge in [0.2, 0.25) is 0 Å². The average Bonchev–Trinajstić information content (AvgIpc) is 2.61. The van der Waals surface area contributed by atoms with Gasteiger partial charge in [-0.3, -0.25) is 4.79 Å². The van der Waals surface area contributed by atoms with E-state index in [4.69, 9.17) is 19.9 Å². The summed E-state index contributed by atoms with van der Waals surface area (Å²) in [5, 5.41) is 9.31. The summed E-state index contributed by atoms with van der Waals surface area (Å²) in [5.74, 6) is 0.985. The second kappa shape index (κ2) is 11.6. The molecule has 0 saturated carbocycles. The number of ether oxygens (including phenoxy) is 3. The van der Waals surface area contributed by atoms with Crippen molar-refractivity contribution in [3.63, 3.8) is 0 Å². The van der Waals surface area contributed by atoms with Crippen LogP contribution in [0.25, 0.3) is 0 Å². The van der Waals surface area contributed by atoms with E-state index >= 15 is 0 Å². The number of hydrogen-bond donors (Lipinski definition) is 2. The Morgan fingerprint density at radius 1 is 1.04 bits per heavy atom. The first-order valence-electron chi connectivity index (χ1n) is 9.48. The Bertz CT molecular complexity index is 534. The highest BCUT2D eigenvalue weighted by atomic mass is 16.5. The van der Waals surface area contributed by atoms with Crippen LogP contribution in [0.3, 0.4) is 0 Å². The SMILES string of the molecule is CCOc1cc(OCC)c(CC(CC)CC(CN)C(=O)O)c(OCC)c1. The molecule has 0 saturated heterocycles. The van der Waals surface area contributed by atoms with Crippen LogP contribution >= 0.6 is 0 Å². The molecule has 0 aromatic heterocycles. The van der Waals surface area contributed by atoms with Gasteiger partial charge in [-0.15, -0.1) is 0 Å². The predicted molar refractivity (Wildman–Crippen MR) is 102 cm³/mol. The van der Waals surface area contributed by atoms with Crippen molar-refractivity contribution in [2.24, 2.45) is 17.6 Å². The van der Waals surface area contributed by atoms with E-state index in [-0.39, 0.29) is 12.5 Å². The third-order valence-corrected chi connectivity index (χ3v) is 4.37. The smallest absolute Gasteiger partial charge is 0.307 e. The molecule has 0 spiro atoms. The van der Waals surface area contributed by atoms with E-state index in [1.807, 2.05) is 32.9 Å². The van der Waals surface area contributed by atoms with Crippen LogP contribution in [-0.4, -0.2) is 37.4 Å². The Hall–Kier alpha value is -1.95. The summed E-state index contributed by atoms with van der Waals surface area (Å²) < 4.78 is 17.3. The largest absolute Gasteiger partial charge is 0.494 e. The number of rotatable bonds is 13. The van der Waals surface area contributed by atoms with Gasteiger partial charge in [-0.25, -0.2) is 0 Å². The van der Waals surface area contributed by atoms with Gasteiger partial charge in [0, 0.05) is 24.2 Å². The number of benzene rings is 1. The van der Waals surface area contributed by atoms with Gasteiger partial charge in [0.05, 0.1) is 25.7 Å². The normalized spacial score (nSPS) is 13.1. The van der Waals surface area contributed by atoms with Gasteiger partial charge in [-0.05, 0) is 39.5 Å². The highest BCUT2D eigenvalue weighted by Crippen LogP contribution is 2.37. The Kier molecular flexibility index (Phi) is 9.88. The third-order valence-electron chi connectivity index (χ3n) is 4.37. The number of carboxylic acid groups (broad SMARTS) is 1. The van der Waals surface area contributed by atoms with Crippen molar-refractivity contribution in [2.75, 3.05) is 26.4 Å². The standard InChI is InChI=1S/C20H33NO5/c1-5-14(9-15(13-21)20(22)23)10-17-18(25-7-3)11-16(24-6-2)12-19(17)26-8-4/h11-12,14-15H,5-10,13,21H2,1-4H3,(H,22,23). The quantitative estimate of drug-likeness (QED) is 0.554. The Morgan fingerprint density at radius 2 is 1.58 bits per heavy atom. The van der Waals surface area contributed by atoms with Crippen LogP contribution in [0.2, 0.25) is 0 Å². The summed E-state index contributed by atoms with van der Waals surface area (Å²) in [6, 6.07) is 3.77. The maximum atomic E-state index is 11.3. The van der Waals surface area contributed by atoms with Gasteiger partial charge in [-0.2, -0.15) is 0 Å². The molecule has 1 aromatic carbocycles. The van der Waals surface area contributed by atoms with Crippen molar-refractivity contribution in [3.8, 4) is 17.2 Å². The first kappa shape index (κ1) is 22.1. The Balaban J connectivity index is 3.18. The van der Waals surface area contributed by atoms with Crippen molar-refractivity contribution in [1.82, 2.24) is 0 Å². The van der Waals surface area contributed by atoms with Crippen LogP contribution in [0, 0.1) is 11.8 Å². The van der Waals surface area contributed by atoms with Crippen molar-refractivity contribution in [3.05, 3.63) is 17.7 Å². The summed E-state index contributed by atoms with van der Waals surface area (Å²) in [7, 11) is 0. The third kappa shape index (κ3) is 6.41. The molecule has 0 fully saturated rings. The lowest BCUT2D eigenvalue weighted by atomic mass is 9.87. The Morgan fingerprint density at radius 3 is 1.96 bits per heavy atom. The van der Waals surface area contributed by atoms with Gasteiger partial charge < -0.3 is 25.1 Å². The monoisotopic (exact) mass is 367 g/mol. The van der Waals surface area contributed by atoms with Crippen molar-refractivity contribution >= 4 is 5.97 Å². The second-order valence-corrected chi connectivity index (χ2v) is 6.18. The average molecular weight is 367 g/mol. The Labute approximate surface area is 156 Å². The van der Waals surface area contributed by atoms with E-state index in [1.54, 1.807) is 0 Å². The van der Waals surface area contributed by atoms with Gasteiger partial charge in [0.1, 0.15) is 17.2 Å². The zero-order chi connectivity index (χ0) is 19.5. The molecule has 0 amide bonds. The van der Waals surface area contributed by atoms with E-state index in [9.17, 15) is 9.90 Å². The minimum atomic E-state index is -0.840. The molecule has 3 N–H and O–H groups in total. The van der Waals surface area contributed by atoms with Gasteiger partial charge >= 0.3 is 5.97 Å². The lowest BCUT2D eigenvalue weighted by molar-refractivity contribution is -0.142. The van der Waals surface area contributed by atoms with E-state index in [0.29, 0.717) is 38.4 Å². The van der Waals surface area contributed by atoms with E-state index in [2.05, 4.69) is 6.92 Å². The molecular formula is C20H33NO5. The molecule has 1 rings (SSSR count). The fourth-order valence-electron chi connectivity index (χ4n) is 3.00. The van der Waals surface area contributed by atoms with Crippen LogP contribution in [0.1, 0.15) is 46.1 Å². The first-order valence-corrected chi connectivity index (χ1v) is 9.48. The highest BCUT2D eigenvalue weighted by molar-refractivity contribution is 5.70. The second-order valence-electron chi connectivity index (χ2n) is 6.18. The molecule has 0 heterocycles. The molecule has 0 bridgehead atoms. The molecular weight excluding hydrogens is 334 g/mol. The fraction of sp³-hybridized carbons (Fsp3) is 0.650. The lowest BCUT2D eigenvalue weighted by Crippen LogP contribution is -2.26. The van der Waals surface area contributed by atoms with E-state index in [0.717, 1.165) is 23.5 Å². The number of carboxylic acids is 1. The van der Waals surface area contributed by atoms with Gasteiger partial charge in [0.25, 0.3) is 0 Å². The van der Waals surface area contributed by atoms with Crippen LogP contribution in [0.5, 0.6) is 17.2 Å². The fourth-order valence-corrected chi connectivity index (χ4v) is 3.00. The van der Waals surface area contributed by atoms with E-state index in [1.165, 1.54) is 0 Å². The number of hydrogen-bond acceptors (Lipinski definition) is 5. The summed E-state index contributed by atoms with van der Waals surface area (Å²) in [4.78, 5) is 11.3. The summed E-state index contributed by atoms with van der Waals surface area (Å²) in [5.41, 5.74) is 6.59. The zero-order valence-electron chi connectivity index (χ0n) is 16.4. The molecule has 2 atom stereocenters. The summed E-state index contributed by atoms with van der Waals surface area (Å²) in [6.45, 7) is 9.64. The van der Waals surface area contributed by atoms with Crippen LogP contribution in [0.4, 0.5) is 0 Å². The summed E-state index contributed by atoms with van der Waals surface area (Å²) >= 11 is 0. The van der Waals surface area contributed by atoms with Crippen molar-refractivity contribution < 1.29 is 24.1 Å². The molecule has 0 radical (unpaired) electrons. The number of aliphatic carboxylic acids is 1. The maximum absolute atomic E-state index is 11.3. The minimum Gasteiger partial charge on any atom is -0.494 e. The topological polar surface area (TPSA) is 91.0 Å². The van der Waals surface area contributed by atoms with Crippen molar-refractivity contribution in [2.45, 2.75) is 47.0 Å². The van der Waals surface area contributed by atoms with Crippen LogP contribution < -0.4 is 19.9 Å². The number of carbonyl (C=O) groups is 1. The molecule has 26 heavy (non-hydrogen) atoms. The molecule has 1 aromatic rings. The van der Waals surface area contributed by atoms with Crippen molar-refractivity contribution in [1.29, 1.82) is 0 Å². The van der Waals surface area contributed by atoms with E-state index < -0.39 is 11.9 Å². The predicted octanol–water partition coefficient (Wildman–Crippen LogP) is 3.50. The first-order chi connectivity index (χ1) is 12.5. The lowest BCUT2D eigenvalue weighted by Gasteiger charge is -2.23. The molecule has 0 aliphatic rings. The molecule has 148 valence electrons. The summed E-state index contributed by atoms with van der Waals surface area (Å²) in [6.07, 6.45) is 2.07. The number of nitrogens with two attached hydrogens (primary N) is 1. The molecule has 6 nitrogen and oxygen atoms in total. The highest BCUT2D eigenvalue weighted by Gasteiger charge is 2.24.